The number of benzene rings is 1. The van der Waals surface area contributed by atoms with Gasteiger partial charge in [0, 0.05) is 5.02 Å². The monoisotopic (exact) mass is 426 g/mol. The van der Waals surface area contributed by atoms with E-state index in [-0.39, 0.29) is 23.9 Å². The summed E-state index contributed by atoms with van der Waals surface area (Å²) in [6.45, 7) is -0.224. The maximum atomic E-state index is 13.1. The van der Waals surface area contributed by atoms with Crippen LogP contribution in [0.3, 0.4) is 0 Å². The molecule has 12 heteroatoms. The topological polar surface area (TPSA) is 94.0 Å². The van der Waals surface area contributed by atoms with Crippen molar-refractivity contribution in [3.63, 3.8) is 0 Å². The van der Waals surface area contributed by atoms with E-state index in [1.54, 1.807) is 18.2 Å². The molecule has 2 aromatic heterocycles. The minimum atomic E-state index is -4.64. The molecule has 29 heavy (non-hydrogen) atoms. The Balaban J connectivity index is 1.76. The number of nitrogens with zero attached hydrogens (tertiary/aromatic N) is 4. The van der Waals surface area contributed by atoms with Crippen LogP contribution < -0.4 is 15.4 Å². The minimum absolute atomic E-state index is 0.112. The first kappa shape index (κ1) is 20.4. The fourth-order valence-corrected chi connectivity index (χ4v) is 2.53. The van der Waals surface area contributed by atoms with Crippen molar-refractivity contribution >= 4 is 23.3 Å². The average Bonchev–Trinajstić information content (AvgIpc) is 3.12. The molecule has 0 fully saturated rings. The fraction of sp³-hybridized carbons (Fsp3) is 0.176. The number of methoxy groups -OCH3 is 1. The molecule has 152 valence electrons. The number of carbonyl (C=O) groups is 1. The summed E-state index contributed by atoms with van der Waals surface area (Å²) in [6, 6.07) is 6.51. The Bertz CT molecular complexity index is 1010. The number of urea groups is 1. The van der Waals surface area contributed by atoms with Gasteiger partial charge in [0.25, 0.3) is 0 Å². The summed E-state index contributed by atoms with van der Waals surface area (Å²) in [7, 11) is 1.40. The van der Waals surface area contributed by atoms with Crippen LogP contribution in [0.1, 0.15) is 11.4 Å². The van der Waals surface area contributed by atoms with E-state index < -0.39 is 17.9 Å². The zero-order chi connectivity index (χ0) is 21.0. The molecule has 0 aliphatic rings. The summed E-state index contributed by atoms with van der Waals surface area (Å²) in [6.07, 6.45) is -1.99. The van der Waals surface area contributed by atoms with Crippen LogP contribution in [-0.2, 0) is 12.7 Å². The van der Waals surface area contributed by atoms with Gasteiger partial charge < -0.3 is 15.4 Å². The molecular weight excluding hydrogens is 413 g/mol. The van der Waals surface area contributed by atoms with E-state index in [9.17, 15) is 18.0 Å². The highest BCUT2D eigenvalue weighted by atomic mass is 35.5. The predicted molar refractivity (Wildman–Crippen MR) is 98.0 cm³/mol. The van der Waals surface area contributed by atoms with Gasteiger partial charge in [-0.25, -0.2) is 19.4 Å². The molecule has 3 aromatic rings. The first-order chi connectivity index (χ1) is 13.8. The van der Waals surface area contributed by atoms with Crippen LogP contribution in [0, 0.1) is 0 Å². The highest BCUT2D eigenvalue weighted by Crippen LogP contribution is 2.30. The molecular formula is C17H14ClF3N6O2. The normalized spacial score (nSPS) is 11.2. The highest BCUT2D eigenvalue weighted by Gasteiger charge is 2.35. The lowest BCUT2D eigenvalue weighted by atomic mass is 10.3. The standard InChI is InChI=1S/C17H14ClF3N6O2/c1-29-16-23-7-11(8-24-16)25-15(28)22-9-13-6-14(17(19,20)21)26-27(13)12-4-2-3-10(18)5-12/h2-8H,9H2,1H3,(H2,22,25,28). The number of rotatable bonds is 5. The maximum absolute atomic E-state index is 13.1. The largest absolute Gasteiger partial charge is 0.467 e. The number of hydrogen-bond donors (Lipinski definition) is 2. The van der Waals surface area contributed by atoms with Crippen molar-refractivity contribution < 1.29 is 22.7 Å². The quantitative estimate of drug-likeness (QED) is 0.649. The Kier molecular flexibility index (Phi) is 5.87. The fourth-order valence-electron chi connectivity index (χ4n) is 2.35. The molecule has 0 saturated heterocycles. The Hall–Kier alpha value is -3.34. The van der Waals surface area contributed by atoms with Crippen molar-refractivity contribution in [2.75, 3.05) is 12.4 Å². The van der Waals surface area contributed by atoms with Crippen LogP contribution in [-0.4, -0.2) is 32.9 Å². The summed E-state index contributed by atoms with van der Waals surface area (Å²) in [5.74, 6) is 0. The van der Waals surface area contributed by atoms with Crippen molar-refractivity contribution in [1.82, 2.24) is 25.1 Å². The van der Waals surface area contributed by atoms with Gasteiger partial charge in [-0.05, 0) is 24.3 Å². The molecule has 0 unspecified atom stereocenters. The number of anilines is 1. The summed E-state index contributed by atoms with van der Waals surface area (Å²) < 4.78 is 45.2. The molecule has 0 radical (unpaired) electrons. The molecule has 8 nitrogen and oxygen atoms in total. The average molecular weight is 427 g/mol. The van der Waals surface area contributed by atoms with Gasteiger partial charge in [0.15, 0.2) is 5.69 Å². The van der Waals surface area contributed by atoms with Crippen molar-refractivity contribution in [1.29, 1.82) is 0 Å². The van der Waals surface area contributed by atoms with Crippen LogP contribution >= 0.6 is 11.6 Å². The Morgan fingerprint density at radius 2 is 1.97 bits per heavy atom. The first-order valence-corrected chi connectivity index (χ1v) is 8.47. The van der Waals surface area contributed by atoms with Gasteiger partial charge in [0.2, 0.25) is 0 Å². The number of aromatic nitrogens is 4. The molecule has 1 aromatic carbocycles. The Labute approximate surface area is 167 Å². The van der Waals surface area contributed by atoms with Crippen molar-refractivity contribution in [2.24, 2.45) is 0 Å². The third-order valence-electron chi connectivity index (χ3n) is 3.62. The van der Waals surface area contributed by atoms with Gasteiger partial charge in [-0.3, -0.25) is 0 Å². The Morgan fingerprint density at radius 1 is 1.24 bits per heavy atom. The van der Waals surface area contributed by atoms with Gasteiger partial charge in [-0.15, -0.1) is 0 Å². The van der Waals surface area contributed by atoms with Gasteiger partial charge in [0.05, 0.1) is 43.1 Å². The second-order valence-corrected chi connectivity index (χ2v) is 6.11. The van der Waals surface area contributed by atoms with Crippen molar-refractivity contribution in [2.45, 2.75) is 12.7 Å². The van der Waals surface area contributed by atoms with Crippen LogP contribution in [0.5, 0.6) is 6.01 Å². The molecule has 0 atom stereocenters. The summed E-state index contributed by atoms with van der Waals surface area (Å²) in [5, 5.41) is 8.87. The third-order valence-corrected chi connectivity index (χ3v) is 3.86. The van der Waals surface area contributed by atoms with Gasteiger partial charge >= 0.3 is 18.2 Å². The number of amides is 2. The molecule has 0 aliphatic heterocycles. The van der Waals surface area contributed by atoms with E-state index in [0.29, 0.717) is 10.7 Å². The number of ether oxygens (including phenoxy) is 1. The zero-order valence-electron chi connectivity index (χ0n) is 14.9. The third kappa shape index (κ3) is 5.13. The van der Waals surface area contributed by atoms with E-state index in [1.165, 1.54) is 25.6 Å². The smallest absolute Gasteiger partial charge is 0.435 e. The summed E-state index contributed by atoms with van der Waals surface area (Å²) in [4.78, 5) is 19.7. The van der Waals surface area contributed by atoms with Gasteiger partial charge in [0.1, 0.15) is 0 Å². The molecule has 3 rings (SSSR count). The van der Waals surface area contributed by atoms with Crippen LogP contribution in [0.25, 0.3) is 5.69 Å². The van der Waals surface area contributed by atoms with Gasteiger partial charge in [-0.2, -0.15) is 18.3 Å². The molecule has 0 saturated carbocycles. The lowest BCUT2D eigenvalue weighted by Crippen LogP contribution is -2.29. The lowest BCUT2D eigenvalue weighted by Gasteiger charge is -2.10. The highest BCUT2D eigenvalue weighted by molar-refractivity contribution is 6.30. The second-order valence-electron chi connectivity index (χ2n) is 5.68. The van der Waals surface area contributed by atoms with Gasteiger partial charge in [-0.1, -0.05) is 17.7 Å². The number of hydrogen-bond acceptors (Lipinski definition) is 5. The number of alkyl halides is 3. The zero-order valence-corrected chi connectivity index (χ0v) is 15.6. The lowest BCUT2D eigenvalue weighted by molar-refractivity contribution is -0.141. The molecule has 0 aliphatic carbocycles. The summed E-state index contributed by atoms with van der Waals surface area (Å²) >= 11 is 5.92. The van der Waals surface area contributed by atoms with Crippen LogP contribution in [0.15, 0.2) is 42.7 Å². The minimum Gasteiger partial charge on any atom is -0.467 e. The first-order valence-electron chi connectivity index (χ1n) is 8.09. The second kappa shape index (κ2) is 8.35. The predicted octanol–water partition coefficient (Wildman–Crippen LogP) is 3.66. The maximum Gasteiger partial charge on any atom is 0.435 e. The number of halogens is 4. The Morgan fingerprint density at radius 3 is 2.59 bits per heavy atom. The van der Waals surface area contributed by atoms with E-state index in [1.807, 2.05) is 0 Å². The van der Waals surface area contributed by atoms with E-state index >= 15 is 0 Å². The molecule has 0 bridgehead atoms. The van der Waals surface area contributed by atoms with Crippen molar-refractivity contribution in [3.05, 3.63) is 59.1 Å². The van der Waals surface area contributed by atoms with E-state index in [2.05, 4.69) is 25.7 Å². The van der Waals surface area contributed by atoms with Crippen LogP contribution in [0.4, 0.5) is 23.7 Å². The van der Waals surface area contributed by atoms with Crippen molar-refractivity contribution in [3.8, 4) is 11.7 Å². The number of nitrogens with one attached hydrogen (secondary N) is 2. The molecule has 0 spiro atoms. The molecule has 2 amide bonds. The van der Waals surface area contributed by atoms with E-state index in [0.717, 1.165) is 10.7 Å². The van der Waals surface area contributed by atoms with Crippen LogP contribution in [0.2, 0.25) is 5.02 Å². The molecule has 2 heterocycles. The number of carbonyl (C=O) groups excluding carboxylic acids is 1. The summed E-state index contributed by atoms with van der Waals surface area (Å²) in [5.41, 5.74) is -0.365. The SMILES string of the molecule is COc1ncc(NC(=O)NCc2cc(C(F)(F)F)nn2-c2cccc(Cl)c2)cn1. The molecule has 2 N–H and O–H groups in total. The van der Waals surface area contributed by atoms with E-state index in [4.69, 9.17) is 16.3 Å².